The number of nitrogens with one attached hydrogen (secondary N) is 1. The van der Waals surface area contributed by atoms with Crippen LogP contribution in [0.15, 0.2) is 12.1 Å². The number of anilines is 1. The van der Waals surface area contributed by atoms with Gasteiger partial charge in [-0.15, -0.1) is 0 Å². The molecule has 1 aromatic rings. The third-order valence-corrected chi connectivity index (χ3v) is 4.13. The fourth-order valence-electron chi connectivity index (χ4n) is 2.13. The molecule has 0 bridgehead atoms. The highest BCUT2D eigenvalue weighted by Gasteiger charge is 2.27. The first-order valence-corrected chi connectivity index (χ1v) is 6.76. The molecule has 1 saturated carbocycles. The van der Waals surface area contributed by atoms with Crippen LogP contribution in [0, 0.1) is 21.1 Å². The van der Waals surface area contributed by atoms with Crippen molar-refractivity contribution in [3.63, 3.8) is 0 Å². The van der Waals surface area contributed by atoms with Crippen LogP contribution in [0.25, 0.3) is 0 Å². The number of amides is 1. The summed E-state index contributed by atoms with van der Waals surface area (Å²) in [6.45, 7) is 0. The maximum absolute atomic E-state index is 13.3. The quantitative estimate of drug-likeness (QED) is 0.625. The van der Waals surface area contributed by atoms with Gasteiger partial charge in [-0.3, -0.25) is 4.79 Å². The molecule has 1 aromatic carbocycles. The number of carbonyl (C=O) groups excluding carboxylic acids is 1. The van der Waals surface area contributed by atoms with E-state index in [1.165, 1.54) is 0 Å². The zero-order valence-corrected chi connectivity index (χ0v) is 11.7. The van der Waals surface area contributed by atoms with Crippen LogP contribution in [0.3, 0.4) is 0 Å². The molecule has 0 saturated heterocycles. The van der Waals surface area contributed by atoms with Gasteiger partial charge in [-0.1, -0.05) is 0 Å². The van der Waals surface area contributed by atoms with E-state index in [0.717, 1.165) is 25.0 Å². The van der Waals surface area contributed by atoms with Gasteiger partial charge < -0.3 is 11.1 Å². The van der Waals surface area contributed by atoms with Crippen LogP contribution in [0.4, 0.5) is 14.5 Å². The second kappa shape index (κ2) is 5.48. The molecule has 98 valence electrons. The zero-order chi connectivity index (χ0) is 13.3. The van der Waals surface area contributed by atoms with Gasteiger partial charge in [0.05, 0.1) is 3.57 Å². The molecule has 3 nitrogen and oxygen atoms in total. The van der Waals surface area contributed by atoms with Crippen molar-refractivity contribution < 1.29 is 13.6 Å². The summed E-state index contributed by atoms with van der Waals surface area (Å²) >= 11 is 1.58. The Kier molecular flexibility index (Phi) is 4.16. The first kappa shape index (κ1) is 13.7. The van der Waals surface area contributed by atoms with Crippen molar-refractivity contribution in [3.8, 4) is 0 Å². The van der Waals surface area contributed by atoms with E-state index in [1.807, 2.05) is 0 Å². The Morgan fingerprint density at radius 1 is 1.33 bits per heavy atom. The fraction of sp³-hybridized carbons (Fsp3) is 0.417. The van der Waals surface area contributed by atoms with Gasteiger partial charge >= 0.3 is 0 Å². The molecule has 0 heterocycles. The van der Waals surface area contributed by atoms with Crippen LogP contribution in [0.1, 0.15) is 19.3 Å². The Morgan fingerprint density at radius 3 is 2.44 bits per heavy atom. The molecular weight excluding hydrogens is 353 g/mol. The average Bonchev–Trinajstić information content (AvgIpc) is 2.72. The Bertz CT molecular complexity index is 458. The summed E-state index contributed by atoms with van der Waals surface area (Å²) in [5.41, 5.74) is 5.87. The van der Waals surface area contributed by atoms with E-state index in [9.17, 15) is 13.6 Å². The summed E-state index contributed by atoms with van der Waals surface area (Å²) in [5, 5.41) is 2.54. The highest BCUT2D eigenvalue weighted by atomic mass is 127. The van der Waals surface area contributed by atoms with Gasteiger partial charge in [0.1, 0.15) is 11.6 Å². The van der Waals surface area contributed by atoms with E-state index in [1.54, 1.807) is 22.6 Å². The maximum Gasteiger partial charge on any atom is 0.227 e. The number of halogens is 3. The average molecular weight is 366 g/mol. The topological polar surface area (TPSA) is 55.1 Å². The Labute approximate surface area is 117 Å². The lowest BCUT2D eigenvalue weighted by molar-refractivity contribution is -0.119. The number of hydrogen-bond donors (Lipinski definition) is 2. The van der Waals surface area contributed by atoms with Gasteiger partial charge in [0, 0.05) is 17.6 Å². The second-order valence-electron chi connectivity index (χ2n) is 4.51. The summed E-state index contributed by atoms with van der Waals surface area (Å²) in [4.78, 5) is 11.9. The van der Waals surface area contributed by atoms with Gasteiger partial charge in [-0.25, -0.2) is 8.78 Å². The Morgan fingerprint density at radius 2 is 1.94 bits per heavy atom. The van der Waals surface area contributed by atoms with Crippen LogP contribution >= 0.6 is 22.6 Å². The largest absolute Gasteiger partial charge is 0.328 e. The molecule has 18 heavy (non-hydrogen) atoms. The van der Waals surface area contributed by atoms with Crippen molar-refractivity contribution in [2.24, 2.45) is 11.7 Å². The van der Waals surface area contributed by atoms with E-state index in [-0.39, 0.29) is 27.1 Å². The van der Waals surface area contributed by atoms with Gasteiger partial charge in [-0.2, -0.15) is 0 Å². The maximum atomic E-state index is 13.3. The third kappa shape index (κ3) is 2.97. The Balaban J connectivity index is 2.07. The minimum Gasteiger partial charge on any atom is -0.328 e. The SMILES string of the molecule is NC1CCC(C(=O)Nc2cc(F)c(I)c(F)c2)C1. The van der Waals surface area contributed by atoms with E-state index in [4.69, 9.17) is 5.73 Å². The van der Waals surface area contributed by atoms with Crippen molar-refractivity contribution in [2.45, 2.75) is 25.3 Å². The monoisotopic (exact) mass is 366 g/mol. The summed E-state index contributed by atoms with van der Waals surface area (Å²) in [5.74, 6) is -1.73. The lowest BCUT2D eigenvalue weighted by Crippen LogP contribution is -2.23. The summed E-state index contributed by atoms with van der Waals surface area (Å²) in [6.07, 6.45) is 2.16. The van der Waals surface area contributed by atoms with Crippen molar-refractivity contribution in [1.82, 2.24) is 0 Å². The first-order chi connectivity index (χ1) is 8.47. The van der Waals surface area contributed by atoms with E-state index >= 15 is 0 Å². The normalized spacial score (nSPS) is 23.1. The fourth-order valence-corrected chi connectivity index (χ4v) is 2.44. The number of hydrogen-bond acceptors (Lipinski definition) is 2. The summed E-state index contributed by atoms with van der Waals surface area (Å²) in [6, 6.07) is 2.29. The molecule has 0 spiro atoms. The molecule has 0 aliphatic heterocycles. The molecule has 6 heteroatoms. The summed E-state index contributed by atoms with van der Waals surface area (Å²) < 4.78 is 26.5. The van der Waals surface area contributed by atoms with E-state index in [2.05, 4.69) is 5.32 Å². The predicted molar refractivity (Wildman–Crippen MR) is 73.0 cm³/mol. The zero-order valence-electron chi connectivity index (χ0n) is 9.55. The standard InChI is InChI=1S/C12H13F2IN2O/c13-9-4-8(5-10(14)11(9)15)17-12(18)6-1-2-7(16)3-6/h4-7H,1-3,16H2,(H,17,18). The van der Waals surface area contributed by atoms with Crippen molar-refractivity contribution >= 4 is 34.2 Å². The molecule has 1 aliphatic rings. The molecule has 1 fully saturated rings. The van der Waals surface area contributed by atoms with Crippen molar-refractivity contribution in [2.75, 3.05) is 5.32 Å². The second-order valence-corrected chi connectivity index (χ2v) is 5.59. The molecule has 2 atom stereocenters. The van der Waals surface area contributed by atoms with Crippen molar-refractivity contribution in [1.29, 1.82) is 0 Å². The smallest absolute Gasteiger partial charge is 0.227 e. The molecular formula is C12H13F2IN2O. The molecule has 2 rings (SSSR count). The van der Waals surface area contributed by atoms with Gasteiger partial charge in [0.15, 0.2) is 0 Å². The van der Waals surface area contributed by atoms with Crippen molar-refractivity contribution in [3.05, 3.63) is 27.3 Å². The lowest BCUT2D eigenvalue weighted by Gasteiger charge is -2.11. The third-order valence-electron chi connectivity index (χ3n) is 3.10. The molecule has 0 radical (unpaired) electrons. The molecule has 1 amide bonds. The minimum absolute atomic E-state index is 0.0472. The molecule has 1 aliphatic carbocycles. The van der Waals surface area contributed by atoms with Gasteiger partial charge in [-0.05, 0) is 54.0 Å². The van der Waals surface area contributed by atoms with Gasteiger partial charge in [0.25, 0.3) is 0 Å². The predicted octanol–water partition coefficient (Wildman–Crippen LogP) is 2.64. The number of nitrogens with two attached hydrogens (primary N) is 1. The van der Waals surface area contributed by atoms with E-state index < -0.39 is 11.6 Å². The molecule has 0 aromatic heterocycles. The van der Waals surface area contributed by atoms with Crippen LogP contribution in [-0.4, -0.2) is 11.9 Å². The number of benzene rings is 1. The summed E-state index contributed by atoms with van der Waals surface area (Å²) in [7, 11) is 0. The minimum atomic E-state index is -0.672. The van der Waals surface area contributed by atoms with Gasteiger partial charge in [0.2, 0.25) is 5.91 Å². The number of carbonyl (C=O) groups is 1. The lowest BCUT2D eigenvalue weighted by atomic mass is 10.1. The number of rotatable bonds is 2. The molecule has 2 unspecified atom stereocenters. The van der Waals surface area contributed by atoms with Crippen LogP contribution in [0.5, 0.6) is 0 Å². The van der Waals surface area contributed by atoms with Crippen LogP contribution < -0.4 is 11.1 Å². The Hall–Kier alpha value is -0.760. The van der Waals surface area contributed by atoms with Crippen LogP contribution in [0.2, 0.25) is 0 Å². The van der Waals surface area contributed by atoms with Crippen LogP contribution in [-0.2, 0) is 4.79 Å². The van der Waals surface area contributed by atoms with E-state index in [0.29, 0.717) is 6.42 Å². The first-order valence-electron chi connectivity index (χ1n) is 5.68. The highest BCUT2D eigenvalue weighted by Crippen LogP contribution is 2.26. The molecule has 3 N–H and O–H groups in total. The highest BCUT2D eigenvalue weighted by molar-refractivity contribution is 14.1.